The Bertz CT molecular complexity index is 3260. The highest BCUT2D eigenvalue weighted by atomic mass is 15.2. The number of imidazole rings is 1. The van der Waals surface area contributed by atoms with E-state index in [1.54, 1.807) is 0 Å². The van der Waals surface area contributed by atoms with Gasteiger partial charge in [0.15, 0.2) is 0 Å². The normalized spacial score (nSPS) is 12.7. The van der Waals surface area contributed by atoms with E-state index in [0.29, 0.717) is 0 Å². The van der Waals surface area contributed by atoms with Gasteiger partial charge in [-0.3, -0.25) is 0 Å². The quantitative estimate of drug-likeness (QED) is 0.173. The van der Waals surface area contributed by atoms with Gasteiger partial charge in [-0.1, -0.05) is 121 Å². The number of hydrogen-bond acceptors (Lipinski definition) is 2. The highest BCUT2D eigenvalue weighted by molar-refractivity contribution is 6.38. The molecule has 0 saturated carbocycles. The Balaban J connectivity index is 1.23. The van der Waals surface area contributed by atoms with Crippen LogP contribution < -0.4 is 4.90 Å². The zero-order valence-electron chi connectivity index (χ0n) is 29.3. The van der Waals surface area contributed by atoms with Crippen molar-refractivity contribution in [3.05, 3.63) is 193 Å². The van der Waals surface area contributed by atoms with E-state index in [1.165, 1.54) is 82.3 Å². The molecule has 0 aliphatic carbocycles. The summed E-state index contributed by atoms with van der Waals surface area (Å²) in [7, 11) is 0. The predicted octanol–water partition coefficient (Wildman–Crippen LogP) is 12.9. The van der Waals surface area contributed by atoms with E-state index in [9.17, 15) is 0 Å². The SMILES string of the molecule is c1ccc(-n2c3ccccc3c3c4c5c(c6ccccc6c4c4ccccc4c32)N(c2ccc(-c3cn4ccccc4n3)cc2)c2ccccc2C5)cc1. The fraction of sp³-hybridized carbons (Fsp3) is 0.0200. The van der Waals surface area contributed by atoms with E-state index in [0.717, 1.165) is 29.0 Å². The second-order valence-electron chi connectivity index (χ2n) is 14.4. The van der Waals surface area contributed by atoms with Gasteiger partial charge < -0.3 is 13.9 Å². The van der Waals surface area contributed by atoms with Crippen molar-refractivity contribution in [3.63, 3.8) is 0 Å². The summed E-state index contributed by atoms with van der Waals surface area (Å²) in [5.74, 6) is 0. The molecule has 8 aromatic carbocycles. The van der Waals surface area contributed by atoms with Crippen molar-refractivity contribution in [1.29, 1.82) is 0 Å². The van der Waals surface area contributed by atoms with Crippen molar-refractivity contribution in [3.8, 4) is 16.9 Å². The van der Waals surface area contributed by atoms with Crippen LogP contribution in [0.15, 0.2) is 182 Å². The van der Waals surface area contributed by atoms with Crippen molar-refractivity contribution >= 4 is 76.8 Å². The first-order valence-electron chi connectivity index (χ1n) is 18.6. The number of fused-ring (bicyclic) bond motifs is 15. The number of pyridine rings is 1. The van der Waals surface area contributed by atoms with E-state index in [1.807, 2.05) is 18.2 Å². The molecule has 3 aromatic heterocycles. The standard InChI is InChI=1S/C50H32N4/c1-2-15-34(16-3-1)54-44-23-11-9-21-40(44)48-47-41-30-33-14-4-10-22-43(33)53(35-27-25-32(26-28-35)42-31-52-29-13-12-24-45(52)51-42)49(41)38-19-7-5-17-36(38)46(47)37-18-6-8-20-39(37)50(48)54/h1-29,31H,30H2. The van der Waals surface area contributed by atoms with Gasteiger partial charge in [-0.25, -0.2) is 4.98 Å². The summed E-state index contributed by atoms with van der Waals surface area (Å²) < 4.78 is 4.57. The van der Waals surface area contributed by atoms with Crippen LogP contribution in [0.4, 0.5) is 17.1 Å². The minimum absolute atomic E-state index is 0.834. The average molecular weight is 689 g/mol. The minimum atomic E-state index is 0.834. The fourth-order valence-corrected chi connectivity index (χ4v) is 9.27. The molecule has 0 N–H and O–H groups in total. The number of rotatable bonds is 3. The van der Waals surface area contributed by atoms with Gasteiger partial charge in [-0.2, -0.15) is 0 Å². The lowest BCUT2D eigenvalue weighted by Crippen LogP contribution is -2.19. The zero-order chi connectivity index (χ0) is 35.3. The molecule has 252 valence electrons. The summed E-state index contributed by atoms with van der Waals surface area (Å²) >= 11 is 0. The average Bonchev–Trinajstić information content (AvgIpc) is 3.83. The largest absolute Gasteiger partial charge is 0.309 e. The van der Waals surface area contributed by atoms with Gasteiger partial charge in [-0.15, -0.1) is 0 Å². The second-order valence-corrected chi connectivity index (χ2v) is 14.4. The topological polar surface area (TPSA) is 25.5 Å². The summed E-state index contributed by atoms with van der Waals surface area (Å²) in [4.78, 5) is 7.44. The molecule has 4 heteroatoms. The van der Waals surface area contributed by atoms with Crippen molar-refractivity contribution in [2.45, 2.75) is 6.42 Å². The Kier molecular flexibility index (Phi) is 6.08. The molecule has 0 unspecified atom stereocenters. The number of benzene rings is 8. The van der Waals surface area contributed by atoms with Gasteiger partial charge in [-0.05, 0) is 81.2 Å². The lowest BCUT2D eigenvalue weighted by molar-refractivity contribution is 1.11. The monoisotopic (exact) mass is 688 g/mol. The summed E-state index contributed by atoms with van der Waals surface area (Å²) in [6.45, 7) is 0. The number of para-hydroxylation sites is 3. The summed E-state index contributed by atoms with van der Waals surface area (Å²) in [5, 5.41) is 10.3. The molecule has 1 aliphatic heterocycles. The van der Waals surface area contributed by atoms with Gasteiger partial charge in [0.25, 0.3) is 0 Å². The molecule has 12 rings (SSSR count). The first kappa shape index (κ1) is 29.4. The lowest BCUT2D eigenvalue weighted by atomic mass is 9.83. The maximum atomic E-state index is 4.92. The summed E-state index contributed by atoms with van der Waals surface area (Å²) in [5.41, 5.74) is 12.9. The Labute approximate surface area is 311 Å². The summed E-state index contributed by atoms with van der Waals surface area (Å²) in [6, 6.07) is 61.9. The fourth-order valence-electron chi connectivity index (χ4n) is 9.27. The first-order valence-corrected chi connectivity index (χ1v) is 18.6. The Morgan fingerprint density at radius 1 is 0.481 bits per heavy atom. The van der Waals surface area contributed by atoms with E-state index in [4.69, 9.17) is 4.98 Å². The third-order valence-corrected chi connectivity index (χ3v) is 11.5. The number of nitrogens with zero attached hydrogens (tertiary/aromatic N) is 4. The van der Waals surface area contributed by atoms with Gasteiger partial charge in [0.05, 0.1) is 22.4 Å². The predicted molar refractivity (Wildman–Crippen MR) is 225 cm³/mol. The molecule has 54 heavy (non-hydrogen) atoms. The van der Waals surface area contributed by atoms with Gasteiger partial charge in [0.1, 0.15) is 5.65 Å². The van der Waals surface area contributed by atoms with Crippen LogP contribution in [-0.2, 0) is 6.42 Å². The van der Waals surface area contributed by atoms with Gasteiger partial charge in [0, 0.05) is 63.0 Å². The van der Waals surface area contributed by atoms with Crippen LogP contribution in [0.1, 0.15) is 11.1 Å². The molecule has 4 nitrogen and oxygen atoms in total. The van der Waals surface area contributed by atoms with Crippen molar-refractivity contribution in [2.75, 3.05) is 4.90 Å². The molecule has 0 radical (unpaired) electrons. The van der Waals surface area contributed by atoms with Crippen LogP contribution in [-0.4, -0.2) is 14.0 Å². The molecule has 1 aliphatic rings. The number of anilines is 3. The Hall–Kier alpha value is -7.17. The molecule has 11 aromatic rings. The lowest BCUT2D eigenvalue weighted by Gasteiger charge is -2.36. The Morgan fingerprint density at radius 3 is 1.96 bits per heavy atom. The van der Waals surface area contributed by atoms with Gasteiger partial charge >= 0.3 is 0 Å². The maximum absolute atomic E-state index is 4.92. The first-order chi connectivity index (χ1) is 26.8. The number of aromatic nitrogens is 3. The third kappa shape index (κ3) is 4.05. The molecular formula is C50H32N4. The van der Waals surface area contributed by atoms with Crippen LogP contribution >= 0.6 is 0 Å². The van der Waals surface area contributed by atoms with E-state index in [2.05, 4.69) is 178 Å². The zero-order valence-corrected chi connectivity index (χ0v) is 29.3. The Morgan fingerprint density at radius 2 is 1.15 bits per heavy atom. The molecule has 0 bridgehead atoms. The number of hydrogen-bond donors (Lipinski definition) is 0. The van der Waals surface area contributed by atoms with E-state index < -0.39 is 0 Å². The van der Waals surface area contributed by atoms with Crippen LogP contribution in [0, 0.1) is 0 Å². The molecular weight excluding hydrogens is 657 g/mol. The van der Waals surface area contributed by atoms with Crippen LogP contribution in [0.3, 0.4) is 0 Å². The molecule has 0 saturated heterocycles. The van der Waals surface area contributed by atoms with Crippen molar-refractivity contribution in [2.24, 2.45) is 0 Å². The van der Waals surface area contributed by atoms with Crippen LogP contribution in [0.25, 0.3) is 76.7 Å². The van der Waals surface area contributed by atoms with Crippen LogP contribution in [0.5, 0.6) is 0 Å². The summed E-state index contributed by atoms with van der Waals surface area (Å²) in [6.07, 6.45) is 4.99. The van der Waals surface area contributed by atoms with Gasteiger partial charge in [0.2, 0.25) is 0 Å². The molecule has 4 heterocycles. The van der Waals surface area contributed by atoms with E-state index >= 15 is 0 Å². The molecule has 0 spiro atoms. The molecule has 0 amide bonds. The molecule has 0 atom stereocenters. The maximum Gasteiger partial charge on any atom is 0.137 e. The second kappa shape index (κ2) is 11.2. The third-order valence-electron chi connectivity index (χ3n) is 11.5. The highest BCUT2D eigenvalue weighted by Crippen LogP contribution is 2.54. The van der Waals surface area contributed by atoms with Crippen molar-refractivity contribution < 1.29 is 0 Å². The molecule has 0 fully saturated rings. The smallest absolute Gasteiger partial charge is 0.137 e. The minimum Gasteiger partial charge on any atom is -0.309 e. The highest BCUT2D eigenvalue weighted by Gasteiger charge is 2.31. The van der Waals surface area contributed by atoms with Crippen LogP contribution in [0.2, 0.25) is 0 Å². The van der Waals surface area contributed by atoms with Crippen molar-refractivity contribution in [1.82, 2.24) is 14.0 Å². The van der Waals surface area contributed by atoms with E-state index in [-0.39, 0.29) is 0 Å².